The molecule has 9 heteroatoms. The minimum atomic E-state index is -0.715. The number of halogens is 1. The maximum Gasteiger partial charge on any atom is 0.242 e. The smallest absolute Gasteiger partial charge is 0.242 e. The van der Waals surface area contributed by atoms with Crippen LogP contribution in [0.3, 0.4) is 0 Å². The molecule has 0 atom stereocenters. The number of hydrogen-bond acceptors (Lipinski definition) is 6. The van der Waals surface area contributed by atoms with Crippen LogP contribution >= 0.6 is 0 Å². The van der Waals surface area contributed by atoms with E-state index in [2.05, 4.69) is 9.97 Å². The van der Waals surface area contributed by atoms with Gasteiger partial charge in [0.2, 0.25) is 11.8 Å². The van der Waals surface area contributed by atoms with Crippen molar-refractivity contribution in [2.24, 2.45) is 5.73 Å². The number of anilines is 1. The summed E-state index contributed by atoms with van der Waals surface area (Å²) in [6, 6.07) is 12.5. The minimum Gasteiger partial charge on any atom is -0.341 e. The fraction of sp³-hybridized carbons (Fsp3) is 0.300. The molecule has 0 bridgehead atoms. The van der Waals surface area contributed by atoms with Gasteiger partial charge in [-0.1, -0.05) is 18.2 Å². The van der Waals surface area contributed by atoms with Crippen molar-refractivity contribution in [1.82, 2.24) is 19.9 Å². The lowest BCUT2D eigenvalue weighted by atomic mass is 9.73. The molecule has 2 aromatic carbocycles. The third-order valence-corrected chi connectivity index (χ3v) is 8.57. The number of piperidine rings is 1. The third kappa shape index (κ3) is 3.71. The topological polar surface area (TPSA) is 105 Å². The van der Waals surface area contributed by atoms with Gasteiger partial charge in [-0.25, -0.2) is 14.4 Å². The summed E-state index contributed by atoms with van der Waals surface area (Å²) in [5.74, 6) is -0.359. The molecule has 196 valence electrons. The molecule has 8 nitrogen and oxygen atoms in total. The Morgan fingerprint density at radius 1 is 1.00 bits per heavy atom. The van der Waals surface area contributed by atoms with Crippen LogP contribution in [0.1, 0.15) is 36.9 Å². The third-order valence-electron chi connectivity index (χ3n) is 8.57. The predicted molar refractivity (Wildman–Crippen MR) is 144 cm³/mol. The van der Waals surface area contributed by atoms with Crippen LogP contribution in [0.15, 0.2) is 67.4 Å². The van der Waals surface area contributed by atoms with Gasteiger partial charge in [-0.2, -0.15) is 0 Å². The average molecular weight is 523 g/mol. The SMILES string of the molecule is NC1(C(=O)N2CCC3(CC2)C(=O)N(Cc2ncc4ccc(F)cc4c2-c2cncnc2)c2ccccc23)CC1. The Bertz CT molecular complexity index is 1630. The Balaban J connectivity index is 1.27. The van der Waals surface area contributed by atoms with Gasteiger partial charge >= 0.3 is 0 Å². The minimum absolute atomic E-state index is 0.00100. The Labute approximate surface area is 224 Å². The lowest BCUT2D eigenvalue weighted by Crippen LogP contribution is -2.54. The van der Waals surface area contributed by atoms with Gasteiger partial charge in [0.15, 0.2) is 0 Å². The first-order valence-electron chi connectivity index (χ1n) is 13.2. The summed E-state index contributed by atoms with van der Waals surface area (Å²) in [4.78, 5) is 43.9. The molecule has 7 rings (SSSR count). The molecule has 2 amide bonds. The largest absolute Gasteiger partial charge is 0.341 e. The van der Waals surface area contributed by atoms with Crippen molar-refractivity contribution in [3.05, 3.63) is 84.5 Å². The van der Waals surface area contributed by atoms with Crippen LogP contribution in [0, 0.1) is 5.82 Å². The van der Waals surface area contributed by atoms with Crippen LogP contribution in [-0.4, -0.2) is 50.3 Å². The van der Waals surface area contributed by atoms with E-state index < -0.39 is 11.0 Å². The maximum atomic E-state index is 14.4. The number of para-hydroxylation sites is 1. The molecule has 2 aliphatic heterocycles. The highest BCUT2D eigenvalue weighted by Gasteiger charge is 2.55. The Morgan fingerprint density at radius 2 is 1.74 bits per heavy atom. The quantitative estimate of drug-likeness (QED) is 0.438. The summed E-state index contributed by atoms with van der Waals surface area (Å²) in [5, 5.41) is 1.47. The number of benzene rings is 2. The summed E-state index contributed by atoms with van der Waals surface area (Å²) in [7, 11) is 0. The van der Waals surface area contributed by atoms with Crippen molar-refractivity contribution >= 4 is 28.3 Å². The van der Waals surface area contributed by atoms with Gasteiger partial charge in [0.25, 0.3) is 0 Å². The van der Waals surface area contributed by atoms with Gasteiger partial charge < -0.3 is 15.5 Å². The number of aromatic nitrogens is 3. The summed E-state index contributed by atoms with van der Waals surface area (Å²) in [6.07, 6.45) is 9.03. The van der Waals surface area contributed by atoms with Crippen molar-refractivity contribution in [3.8, 4) is 11.1 Å². The van der Waals surface area contributed by atoms with Crippen LogP contribution in [-0.2, 0) is 21.5 Å². The van der Waals surface area contributed by atoms with Gasteiger partial charge in [0, 0.05) is 53.9 Å². The molecule has 0 radical (unpaired) electrons. The van der Waals surface area contributed by atoms with E-state index in [9.17, 15) is 14.0 Å². The zero-order chi connectivity index (χ0) is 26.8. The summed E-state index contributed by atoms with van der Waals surface area (Å²) >= 11 is 0. The Morgan fingerprint density at radius 3 is 2.49 bits per heavy atom. The van der Waals surface area contributed by atoms with Crippen LogP contribution in [0.4, 0.5) is 10.1 Å². The number of amides is 2. The number of pyridine rings is 1. The van der Waals surface area contributed by atoms with E-state index in [0.717, 1.165) is 29.5 Å². The van der Waals surface area contributed by atoms with Crippen molar-refractivity contribution < 1.29 is 14.0 Å². The standard InChI is InChI=1S/C30H27FN6O2/c31-21-6-5-19-16-35-24(26(22(19)13-21)20-14-33-18-34-15-20)17-37-25-4-2-1-3-23(25)29(27(37)38)9-11-36(12-10-29)28(39)30(32)7-8-30/h1-6,13-16,18H,7-12,17,32H2. The molecule has 1 spiro atoms. The molecule has 4 aromatic rings. The van der Waals surface area contributed by atoms with Gasteiger partial charge in [0.05, 0.1) is 23.2 Å². The molecule has 1 aliphatic carbocycles. The molecule has 2 fully saturated rings. The molecule has 0 unspecified atom stereocenters. The lowest BCUT2D eigenvalue weighted by Gasteiger charge is -2.39. The lowest BCUT2D eigenvalue weighted by molar-refractivity contribution is -0.137. The highest BCUT2D eigenvalue weighted by atomic mass is 19.1. The number of carbonyl (C=O) groups is 2. The molecular formula is C30H27FN6O2. The number of likely N-dealkylation sites (tertiary alicyclic amines) is 1. The van der Waals surface area contributed by atoms with E-state index in [4.69, 9.17) is 10.7 Å². The monoisotopic (exact) mass is 522 g/mol. The number of carbonyl (C=O) groups excluding carboxylic acids is 2. The molecule has 1 saturated heterocycles. The number of hydrogen-bond donors (Lipinski definition) is 1. The van der Waals surface area contributed by atoms with E-state index in [-0.39, 0.29) is 24.2 Å². The molecule has 4 heterocycles. The number of rotatable bonds is 4. The fourth-order valence-electron chi connectivity index (χ4n) is 6.24. The van der Waals surface area contributed by atoms with Crippen molar-refractivity contribution in [2.45, 2.75) is 43.2 Å². The predicted octanol–water partition coefficient (Wildman–Crippen LogP) is 3.73. The average Bonchev–Trinajstić information content (AvgIpc) is 3.69. The van der Waals surface area contributed by atoms with Crippen LogP contribution in [0.25, 0.3) is 21.9 Å². The highest BCUT2D eigenvalue weighted by Crippen LogP contribution is 2.49. The van der Waals surface area contributed by atoms with Crippen LogP contribution < -0.4 is 10.6 Å². The van der Waals surface area contributed by atoms with Gasteiger partial charge in [0.1, 0.15) is 12.1 Å². The van der Waals surface area contributed by atoms with Crippen LogP contribution in [0.2, 0.25) is 0 Å². The normalized spacial score (nSPS) is 19.0. The Hall–Kier alpha value is -4.24. The second kappa shape index (κ2) is 8.64. The molecule has 2 N–H and O–H groups in total. The molecule has 2 aromatic heterocycles. The Kier molecular flexibility index (Phi) is 5.28. The van der Waals surface area contributed by atoms with Crippen molar-refractivity contribution in [3.63, 3.8) is 0 Å². The van der Waals surface area contributed by atoms with Gasteiger partial charge in [-0.05, 0) is 60.9 Å². The van der Waals surface area contributed by atoms with Gasteiger partial charge in [-0.3, -0.25) is 14.6 Å². The molecular weight excluding hydrogens is 495 g/mol. The zero-order valence-corrected chi connectivity index (χ0v) is 21.3. The summed E-state index contributed by atoms with van der Waals surface area (Å²) in [5.41, 5.74) is 8.62. The first-order chi connectivity index (χ1) is 18.9. The number of nitrogens with two attached hydrogens (primary N) is 1. The second-order valence-corrected chi connectivity index (χ2v) is 10.9. The molecule has 3 aliphatic rings. The maximum absolute atomic E-state index is 14.4. The van der Waals surface area contributed by atoms with E-state index in [1.165, 1.54) is 18.5 Å². The van der Waals surface area contributed by atoms with Crippen LogP contribution in [0.5, 0.6) is 0 Å². The van der Waals surface area contributed by atoms with E-state index >= 15 is 0 Å². The first-order valence-corrected chi connectivity index (χ1v) is 13.2. The van der Waals surface area contributed by atoms with Crippen molar-refractivity contribution in [2.75, 3.05) is 18.0 Å². The zero-order valence-electron chi connectivity index (χ0n) is 21.3. The summed E-state index contributed by atoms with van der Waals surface area (Å²) in [6.45, 7) is 1.19. The van der Waals surface area contributed by atoms with E-state index in [1.807, 2.05) is 29.2 Å². The first kappa shape index (κ1) is 23.8. The summed E-state index contributed by atoms with van der Waals surface area (Å²) < 4.78 is 14.4. The molecule has 1 saturated carbocycles. The number of fused-ring (bicyclic) bond motifs is 3. The highest BCUT2D eigenvalue weighted by molar-refractivity contribution is 6.08. The molecule has 39 heavy (non-hydrogen) atoms. The van der Waals surface area contributed by atoms with E-state index in [0.29, 0.717) is 48.1 Å². The second-order valence-electron chi connectivity index (χ2n) is 10.9. The van der Waals surface area contributed by atoms with E-state index in [1.54, 1.807) is 29.6 Å². The van der Waals surface area contributed by atoms with Crippen molar-refractivity contribution in [1.29, 1.82) is 0 Å². The number of nitrogens with zero attached hydrogens (tertiary/aromatic N) is 5. The fourth-order valence-corrected chi connectivity index (χ4v) is 6.24. The van der Waals surface area contributed by atoms with Gasteiger partial charge in [-0.15, -0.1) is 0 Å².